The van der Waals surface area contributed by atoms with Gasteiger partial charge < -0.3 is 9.47 Å². The molecule has 7 nitrogen and oxygen atoms in total. The SMILES string of the molecule is CCCCn1c(=O)[nH]c(=O)c2c1nc(CN(C)c1cc(C)ccc1C)n2CC. The summed E-state index contributed by atoms with van der Waals surface area (Å²) in [5.74, 6) is 0.780. The van der Waals surface area contributed by atoms with Crippen molar-refractivity contribution in [2.24, 2.45) is 0 Å². The maximum absolute atomic E-state index is 12.5. The van der Waals surface area contributed by atoms with Crippen LogP contribution in [0, 0.1) is 13.8 Å². The highest BCUT2D eigenvalue weighted by Gasteiger charge is 2.19. The van der Waals surface area contributed by atoms with Gasteiger partial charge in [0.2, 0.25) is 0 Å². The van der Waals surface area contributed by atoms with Crippen LogP contribution in [-0.2, 0) is 19.6 Å². The molecule has 0 aliphatic rings. The number of imidazole rings is 1. The molecule has 7 heteroatoms. The topological polar surface area (TPSA) is 75.9 Å². The number of fused-ring (bicyclic) bond motifs is 1. The van der Waals surface area contributed by atoms with Crippen LogP contribution in [0.25, 0.3) is 11.2 Å². The number of aryl methyl sites for hydroxylation is 4. The Labute approximate surface area is 164 Å². The minimum absolute atomic E-state index is 0.372. The van der Waals surface area contributed by atoms with Gasteiger partial charge in [0.25, 0.3) is 5.56 Å². The number of benzene rings is 1. The molecule has 3 rings (SSSR count). The number of aromatic amines is 1. The van der Waals surface area contributed by atoms with Gasteiger partial charge in [0.1, 0.15) is 5.82 Å². The molecule has 1 N–H and O–H groups in total. The standard InChI is InChI=1S/C21H29N5O2/c1-6-8-11-26-19-18(20(27)23-21(26)28)25(7-2)17(22-19)13-24(5)16-12-14(3)9-10-15(16)4/h9-10,12H,6-8,11,13H2,1-5H3,(H,23,27,28). The average molecular weight is 383 g/mol. The minimum Gasteiger partial charge on any atom is -0.367 e. The van der Waals surface area contributed by atoms with Crippen LogP contribution in [0.2, 0.25) is 0 Å². The summed E-state index contributed by atoms with van der Waals surface area (Å²) in [4.78, 5) is 34.2. The van der Waals surface area contributed by atoms with Crippen molar-refractivity contribution in [1.82, 2.24) is 19.1 Å². The summed E-state index contributed by atoms with van der Waals surface area (Å²) in [7, 11) is 2.02. The monoisotopic (exact) mass is 383 g/mol. The third-order valence-electron chi connectivity index (χ3n) is 5.17. The first kappa shape index (κ1) is 19.9. The van der Waals surface area contributed by atoms with Crippen LogP contribution in [0.3, 0.4) is 0 Å². The van der Waals surface area contributed by atoms with Crippen LogP contribution < -0.4 is 16.1 Å². The Morgan fingerprint density at radius 1 is 1.14 bits per heavy atom. The van der Waals surface area contributed by atoms with Crippen LogP contribution in [-0.4, -0.2) is 26.1 Å². The fourth-order valence-corrected chi connectivity index (χ4v) is 3.63. The largest absolute Gasteiger partial charge is 0.367 e. The molecule has 0 unspecified atom stereocenters. The molecule has 0 aliphatic carbocycles. The van der Waals surface area contributed by atoms with Crippen LogP contribution in [0.15, 0.2) is 27.8 Å². The van der Waals surface area contributed by atoms with E-state index in [4.69, 9.17) is 4.98 Å². The number of hydrogen-bond donors (Lipinski definition) is 1. The Bertz CT molecular complexity index is 1110. The quantitative estimate of drug-likeness (QED) is 0.681. The van der Waals surface area contributed by atoms with E-state index in [0.717, 1.165) is 24.4 Å². The Morgan fingerprint density at radius 2 is 1.89 bits per heavy atom. The Hall–Kier alpha value is -2.83. The lowest BCUT2D eigenvalue weighted by Crippen LogP contribution is -2.31. The first-order valence-corrected chi connectivity index (χ1v) is 9.88. The predicted octanol–water partition coefficient (Wildman–Crippen LogP) is 2.96. The van der Waals surface area contributed by atoms with Crippen molar-refractivity contribution in [3.8, 4) is 0 Å². The number of unbranched alkanes of at least 4 members (excludes halogenated alkanes) is 1. The highest BCUT2D eigenvalue weighted by Crippen LogP contribution is 2.23. The highest BCUT2D eigenvalue weighted by molar-refractivity contribution is 5.71. The second-order valence-electron chi connectivity index (χ2n) is 7.35. The van der Waals surface area contributed by atoms with E-state index in [-0.39, 0.29) is 11.2 Å². The first-order valence-electron chi connectivity index (χ1n) is 9.88. The Kier molecular flexibility index (Phi) is 5.72. The van der Waals surface area contributed by atoms with Gasteiger partial charge in [0.15, 0.2) is 11.2 Å². The van der Waals surface area contributed by atoms with Crippen LogP contribution in [0.5, 0.6) is 0 Å². The first-order chi connectivity index (χ1) is 13.4. The molecular formula is C21H29N5O2. The summed E-state index contributed by atoms with van der Waals surface area (Å²) in [6.45, 7) is 9.93. The molecule has 0 bridgehead atoms. The summed E-state index contributed by atoms with van der Waals surface area (Å²) < 4.78 is 3.51. The maximum Gasteiger partial charge on any atom is 0.330 e. The summed E-state index contributed by atoms with van der Waals surface area (Å²) >= 11 is 0. The zero-order chi connectivity index (χ0) is 20.4. The normalized spacial score (nSPS) is 11.3. The average Bonchev–Trinajstić information content (AvgIpc) is 3.01. The molecule has 28 heavy (non-hydrogen) atoms. The van der Waals surface area contributed by atoms with Gasteiger partial charge in [0.05, 0.1) is 6.54 Å². The molecule has 0 amide bonds. The highest BCUT2D eigenvalue weighted by atomic mass is 16.2. The van der Waals surface area contributed by atoms with Crippen molar-refractivity contribution >= 4 is 16.9 Å². The van der Waals surface area contributed by atoms with E-state index >= 15 is 0 Å². The third-order valence-corrected chi connectivity index (χ3v) is 5.17. The number of nitrogens with one attached hydrogen (secondary N) is 1. The molecule has 0 fully saturated rings. The van der Waals surface area contributed by atoms with Crippen molar-refractivity contribution in [2.75, 3.05) is 11.9 Å². The van der Waals surface area contributed by atoms with E-state index in [2.05, 4.69) is 48.9 Å². The van der Waals surface area contributed by atoms with E-state index in [1.165, 1.54) is 11.1 Å². The smallest absolute Gasteiger partial charge is 0.330 e. The molecule has 0 aliphatic heterocycles. The lowest BCUT2D eigenvalue weighted by atomic mass is 10.1. The van der Waals surface area contributed by atoms with Crippen LogP contribution in [0.4, 0.5) is 5.69 Å². The zero-order valence-corrected chi connectivity index (χ0v) is 17.4. The molecule has 2 heterocycles. The maximum atomic E-state index is 12.5. The lowest BCUT2D eigenvalue weighted by Gasteiger charge is -2.22. The molecule has 0 saturated carbocycles. The number of anilines is 1. The number of nitrogens with zero attached hydrogens (tertiary/aromatic N) is 4. The van der Waals surface area contributed by atoms with E-state index in [9.17, 15) is 9.59 Å². The second kappa shape index (κ2) is 8.04. The molecule has 150 valence electrons. The molecule has 0 spiro atoms. The van der Waals surface area contributed by atoms with Gasteiger partial charge in [-0.3, -0.25) is 14.3 Å². The van der Waals surface area contributed by atoms with Crippen LogP contribution in [0.1, 0.15) is 43.6 Å². The number of hydrogen-bond acceptors (Lipinski definition) is 4. The Balaban J connectivity index is 2.11. The predicted molar refractivity (Wildman–Crippen MR) is 113 cm³/mol. The van der Waals surface area contributed by atoms with Crippen molar-refractivity contribution in [2.45, 2.75) is 60.2 Å². The van der Waals surface area contributed by atoms with Crippen molar-refractivity contribution in [3.63, 3.8) is 0 Å². The van der Waals surface area contributed by atoms with Gasteiger partial charge in [0, 0.05) is 25.8 Å². The van der Waals surface area contributed by atoms with Gasteiger partial charge in [-0.2, -0.15) is 0 Å². The molecule has 3 aromatic rings. The van der Waals surface area contributed by atoms with Gasteiger partial charge in [-0.1, -0.05) is 25.5 Å². The molecule has 0 radical (unpaired) electrons. The van der Waals surface area contributed by atoms with Gasteiger partial charge in [-0.25, -0.2) is 9.78 Å². The molecule has 0 saturated heterocycles. The lowest BCUT2D eigenvalue weighted by molar-refractivity contribution is 0.613. The summed E-state index contributed by atoms with van der Waals surface area (Å²) in [6.07, 6.45) is 1.82. The molecule has 2 aromatic heterocycles. The van der Waals surface area contributed by atoms with Crippen molar-refractivity contribution < 1.29 is 0 Å². The summed E-state index contributed by atoms with van der Waals surface area (Å²) in [6, 6.07) is 6.36. The van der Waals surface area contributed by atoms with Gasteiger partial charge in [-0.15, -0.1) is 0 Å². The number of H-pyrrole nitrogens is 1. The van der Waals surface area contributed by atoms with Crippen molar-refractivity contribution in [1.29, 1.82) is 0 Å². The molecule has 0 atom stereocenters. The van der Waals surface area contributed by atoms with E-state index in [1.807, 2.05) is 18.5 Å². The number of rotatable bonds is 7. The van der Waals surface area contributed by atoms with E-state index in [1.54, 1.807) is 4.57 Å². The second-order valence-corrected chi connectivity index (χ2v) is 7.35. The van der Waals surface area contributed by atoms with Crippen molar-refractivity contribution in [3.05, 3.63) is 56.0 Å². The minimum atomic E-state index is -0.388. The summed E-state index contributed by atoms with van der Waals surface area (Å²) in [5.41, 5.74) is 3.71. The Morgan fingerprint density at radius 3 is 2.57 bits per heavy atom. The molecular weight excluding hydrogens is 354 g/mol. The third kappa shape index (κ3) is 3.61. The number of aromatic nitrogens is 4. The van der Waals surface area contributed by atoms with Gasteiger partial charge >= 0.3 is 5.69 Å². The zero-order valence-electron chi connectivity index (χ0n) is 17.4. The fraction of sp³-hybridized carbons (Fsp3) is 0.476. The van der Waals surface area contributed by atoms with Crippen LogP contribution >= 0.6 is 0 Å². The van der Waals surface area contributed by atoms with E-state index < -0.39 is 0 Å². The fourth-order valence-electron chi connectivity index (χ4n) is 3.63. The van der Waals surface area contributed by atoms with E-state index in [0.29, 0.717) is 30.8 Å². The van der Waals surface area contributed by atoms with Gasteiger partial charge in [-0.05, 0) is 44.4 Å². The molecule has 1 aromatic carbocycles. The summed E-state index contributed by atoms with van der Waals surface area (Å²) in [5, 5.41) is 0.